The Morgan fingerprint density at radius 1 is 1.75 bits per heavy atom. The van der Waals surface area contributed by atoms with E-state index in [9.17, 15) is 0 Å². The summed E-state index contributed by atoms with van der Waals surface area (Å²) in [6.07, 6.45) is 0. The fourth-order valence-electron chi connectivity index (χ4n) is 0. The van der Waals surface area contributed by atoms with E-state index < -0.39 is 0 Å². The molecule has 0 fully saturated rings. The van der Waals surface area contributed by atoms with Crippen LogP contribution < -0.4 is 0 Å². The molecule has 0 unspecified atom stereocenters. The fraction of sp³-hybridized carbons (Fsp3) is 0. The number of hydrogen-bond acceptors (Lipinski definition) is 1. The Bertz CT molecular complexity index is 15.5. The average molecular weight is 205 g/mol. The van der Waals surface area contributed by atoms with Crippen LogP contribution in [0.5, 0.6) is 0 Å². The zero-order chi connectivity index (χ0) is 2.71. The molecule has 0 aromatic carbocycles. The van der Waals surface area contributed by atoms with Gasteiger partial charge in [0.2, 0.25) is 0 Å². The van der Waals surface area contributed by atoms with E-state index in [-0.39, 0.29) is 32.3 Å². The molecule has 0 nitrogen and oxygen atoms in total. The normalized spacial score (nSPS) is 3.00. The van der Waals surface area contributed by atoms with Crippen LogP contribution in [0.3, 0.4) is 0 Å². The van der Waals surface area contributed by atoms with Crippen LogP contribution in [-0.4, -0.2) is 26.1 Å². The summed E-state index contributed by atoms with van der Waals surface area (Å²) in [6.45, 7) is 0. The van der Waals surface area contributed by atoms with Gasteiger partial charge in [-0.05, 0) is 0 Å². The van der Waals surface area contributed by atoms with E-state index in [1.165, 1.54) is 8.47 Å². The van der Waals surface area contributed by atoms with Gasteiger partial charge in [0.05, 0.1) is 0 Å². The summed E-state index contributed by atoms with van der Waals surface area (Å²) in [5.41, 5.74) is 0. The Hall–Kier alpha value is 1.60. The molecular formula is H7GeSSiZn. The molecule has 0 atom stereocenters. The monoisotopic (exact) mass is 205 g/mol. The molecule has 0 saturated carbocycles. The molecule has 4 heteroatoms. The molecule has 23 valence electrons. The second-order valence-corrected chi connectivity index (χ2v) is 13.5. The first-order chi connectivity index (χ1) is 1.41. The Kier molecular flexibility index (Phi) is 20.2. The first-order valence-corrected chi connectivity index (χ1v) is 15.5. The van der Waals surface area contributed by atoms with Gasteiger partial charge in [0.25, 0.3) is 0 Å². The van der Waals surface area contributed by atoms with E-state index in [1.54, 1.807) is 0 Å². The van der Waals surface area contributed by atoms with E-state index in [0.29, 0.717) is 0 Å². The Labute approximate surface area is 50.6 Å². The summed E-state index contributed by atoms with van der Waals surface area (Å²) in [7, 11) is 6.01. The average Bonchev–Trinajstić information content (AvgIpc) is 0.918. The van der Waals surface area contributed by atoms with Crippen molar-refractivity contribution in [1.29, 1.82) is 0 Å². The molecule has 0 N–H and O–H groups in total. The zero-order valence-corrected chi connectivity index (χ0v) is 7.90. The van der Waals surface area contributed by atoms with Crippen molar-refractivity contribution in [2.45, 2.75) is 0 Å². The van der Waals surface area contributed by atoms with Gasteiger partial charge in [-0.25, -0.2) is 0 Å². The van der Waals surface area contributed by atoms with Crippen molar-refractivity contribution in [2.24, 2.45) is 0 Å². The van der Waals surface area contributed by atoms with Crippen LogP contribution in [0.4, 0.5) is 0 Å². The standard InChI is InChI=1S/GeH4.S.H3Si.Zn/h1H4;;1H3;. The minimum atomic E-state index is -0.153. The van der Waals surface area contributed by atoms with Gasteiger partial charge in [0.15, 0.2) is 0 Å². The van der Waals surface area contributed by atoms with Crippen molar-refractivity contribution in [3.05, 3.63) is 0 Å². The first-order valence-electron chi connectivity index (χ1n) is 0.996. The van der Waals surface area contributed by atoms with E-state index in [0.717, 1.165) is 0 Å². The third-order valence-electron chi connectivity index (χ3n) is 0. The fourth-order valence-corrected chi connectivity index (χ4v) is 0. The first kappa shape index (κ1) is 9.14. The van der Waals surface area contributed by atoms with E-state index in [1.807, 2.05) is 0 Å². The number of hydrogen-bond donors (Lipinski definition) is 0. The van der Waals surface area contributed by atoms with Crippen LogP contribution >= 0.6 is 10.1 Å². The van der Waals surface area contributed by atoms with Crippen LogP contribution in [0.2, 0.25) is 0 Å². The molecular weight excluding hydrogens is 198 g/mol. The molecule has 0 radical (unpaired) electrons. The predicted octanol–water partition coefficient (Wildman–Crippen LogP) is -1.99. The predicted molar refractivity (Wildman–Crippen MR) is 28.9 cm³/mol. The van der Waals surface area contributed by atoms with Gasteiger partial charge in [-0.3, -0.25) is 0 Å². The molecule has 0 heterocycles. The van der Waals surface area contributed by atoms with Crippen LogP contribution in [0.25, 0.3) is 0 Å². The molecule has 0 aliphatic carbocycles. The van der Waals surface area contributed by atoms with Gasteiger partial charge in [0.1, 0.15) is 0 Å². The Morgan fingerprint density at radius 3 is 1.75 bits per heavy atom. The van der Waals surface area contributed by atoms with Gasteiger partial charge >= 0.3 is 50.9 Å². The van der Waals surface area contributed by atoms with Gasteiger partial charge in [-0.2, -0.15) is 0 Å². The van der Waals surface area contributed by atoms with Crippen molar-refractivity contribution in [1.82, 2.24) is 0 Å². The molecule has 0 rings (SSSR count). The minimum absolute atomic E-state index is 0. The summed E-state index contributed by atoms with van der Waals surface area (Å²) in [6, 6.07) is 0. The van der Waals surface area contributed by atoms with Gasteiger partial charge in [-0.1, -0.05) is 0 Å². The molecule has 0 aliphatic rings. The topological polar surface area (TPSA) is 0 Å². The molecule has 4 heavy (non-hydrogen) atoms. The van der Waals surface area contributed by atoms with E-state index in [2.05, 4.69) is 10.1 Å². The van der Waals surface area contributed by atoms with Crippen molar-refractivity contribution in [3.8, 4) is 0 Å². The van der Waals surface area contributed by atoms with Crippen LogP contribution in [0.15, 0.2) is 0 Å². The summed E-state index contributed by atoms with van der Waals surface area (Å²) >= 11 is -0.153. The zero-order valence-electron chi connectivity index (χ0n) is 2.12. The van der Waals surface area contributed by atoms with Crippen LogP contribution in [-0.2, 0) is 14.7 Å². The second kappa shape index (κ2) is 8.82. The summed E-state index contributed by atoms with van der Waals surface area (Å²) < 4.78 is 0. The maximum atomic E-state index is 4.64. The third-order valence-corrected chi connectivity index (χ3v) is 0. The van der Waals surface area contributed by atoms with Gasteiger partial charge in [-0.15, -0.1) is 0 Å². The van der Waals surface area contributed by atoms with Crippen LogP contribution in [0, 0.1) is 0 Å². The maximum absolute atomic E-state index is 4.64. The van der Waals surface area contributed by atoms with E-state index in [4.69, 9.17) is 0 Å². The second-order valence-electron chi connectivity index (χ2n) is 0.289. The van der Waals surface area contributed by atoms with Crippen molar-refractivity contribution >= 4 is 36.2 Å². The van der Waals surface area contributed by atoms with Gasteiger partial charge in [0, 0.05) is 0 Å². The molecule has 0 spiro atoms. The molecule has 0 aliphatic heterocycles. The third kappa shape index (κ3) is 9.50. The summed E-state index contributed by atoms with van der Waals surface area (Å²) in [5.74, 6) is 0. The summed E-state index contributed by atoms with van der Waals surface area (Å²) in [5, 5.41) is 0. The van der Waals surface area contributed by atoms with Gasteiger partial charge < -0.3 is 0 Å². The van der Waals surface area contributed by atoms with E-state index >= 15 is 0 Å². The summed E-state index contributed by atoms with van der Waals surface area (Å²) in [4.78, 5) is 0. The van der Waals surface area contributed by atoms with Crippen molar-refractivity contribution in [2.75, 3.05) is 0 Å². The van der Waals surface area contributed by atoms with Crippen molar-refractivity contribution < 1.29 is 14.7 Å². The molecule has 0 aromatic heterocycles. The molecule has 0 aromatic rings. The quantitative estimate of drug-likeness (QED) is 0.413. The molecule has 0 amide bonds. The Morgan fingerprint density at radius 2 is 1.75 bits per heavy atom. The SMILES string of the molecule is [GeH4].[SiH3][Zn]=[S]. The Balaban J connectivity index is 0. The van der Waals surface area contributed by atoms with Crippen LogP contribution in [0.1, 0.15) is 0 Å². The molecule has 0 bridgehead atoms. The van der Waals surface area contributed by atoms with Crippen molar-refractivity contribution in [3.63, 3.8) is 0 Å². The number of rotatable bonds is 0. The molecule has 0 saturated heterocycles.